The van der Waals surface area contributed by atoms with Gasteiger partial charge in [0, 0.05) is 47.4 Å². The van der Waals surface area contributed by atoms with Gasteiger partial charge >= 0.3 is 6.03 Å². The Balaban J connectivity index is 1.21. The minimum Gasteiger partial charge on any atom is -0.494 e. The molecule has 44 heavy (non-hydrogen) atoms. The van der Waals surface area contributed by atoms with E-state index in [1.54, 1.807) is 36.3 Å². The highest BCUT2D eigenvalue weighted by atomic mass is 32.2. The second-order valence-electron chi connectivity index (χ2n) is 11.7. The fourth-order valence-electron chi connectivity index (χ4n) is 6.96. The molecule has 6 heterocycles. The topological polar surface area (TPSA) is 145 Å². The molecule has 3 aliphatic heterocycles. The number of hydrogen-bond donors (Lipinski definition) is 2. The Morgan fingerprint density at radius 2 is 1.84 bits per heavy atom. The fraction of sp³-hybridized carbons (Fsp3) is 0.387. The van der Waals surface area contributed by atoms with Crippen LogP contribution in [0.2, 0.25) is 0 Å². The SMILES string of the molecule is COc1ccc(-c2ccc(-c3cnn4c(N)c(C(C)=O)c(C5C[C@H]6CC[C@@H](C5)N6C(=O)N5CSC(N)C5)nc34)cn2)cc1F. The van der Waals surface area contributed by atoms with Crippen molar-refractivity contribution in [2.45, 2.75) is 56.0 Å². The number of nitrogens with two attached hydrogens (primary N) is 2. The number of hydrogen-bond acceptors (Lipinski definition) is 9. The molecule has 4 N–H and O–H groups in total. The number of carbonyl (C=O) groups is 2. The summed E-state index contributed by atoms with van der Waals surface area (Å²) >= 11 is 1.59. The lowest BCUT2D eigenvalue weighted by atomic mass is 9.85. The molecule has 4 aromatic rings. The molecule has 3 saturated heterocycles. The molecule has 2 unspecified atom stereocenters. The van der Waals surface area contributed by atoms with Gasteiger partial charge < -0.3 is 26.0 Å². The van der Waals surface area contributed by atoms with Gasteiger partial charge in [0.05, 0.1) is 41.5 Å². The van der Waals surface area contributed by atoms with Crippen molar-refractivity contribution in [3.63, 3.8) is 0 Å². The monoisotopic (exact) mass is 616 g/mol. The number of piperidine rings is 1. The van der Waals surface area contributed by atoms with E-state index in [-0.39, 0.29) is 46.8 Å². The zero-order chi connectivity index (χ0) is 30.7. The third kappa shape index (κ3) is 4.74. The summed E-state index contributed by atoms with van der Waals surface area (Å²) in [7, 11) is 1.42. The Morgan fingerprint density at radius 1 is 1.09 bits per heavy atom. The van der Waals surface area contributed by atoms with Gasteiger partial charge in [0.1, 0.15) is 5.82 Å². The number of nitrogen functional groups attached to an aromatic ring is 1. The molecule has 3 aromatic heterocycles. The number of thioether (sulfide) groups is 1. The molecular weight excluding hydrogens is 583 g/mol. The third-order valence-electron chi connectivity index (χ3n) is 9.04. The van der Waals surface area contributed by atoms with Gasteiger partial charge in [0.2, 0.25) is 0 Å². The molecule has 4 atom stereocenters. The molecule has 3 fully saturated rings. The smallest absolute Gasteiger partial charge is 0.321 e. The van der Waals surface area contributed by atoms with Crippen molar-refractivity contribution in [2.24, 2.45) is 5.73 Å². The van der Waals surface area contributed by atoms with Gasteiger partial charge in [0.25, 0.3) is 0 Å². The van der Waals surface area contributed by atoms with Gasteiger partial charge in [-0.25, -0.2) is 14.2 Å². The molecule has 1 aromatic carbocycles. The first-order chi connectivity index (χ1) is 21.2. The number of amides is 2. The van der Waals surface area contributed by atoms with Gasteiger partial charge in [-0.05, 0) is 56.9 Å². The fourth-order valence-corrected chi connectivity index (χ4v) is 7.83. The van der Waals surface area contributed by atoms with Crippen LogP contribution in [0, 0.1) is 5.82 Å². The predicted octanol–water partition coefficient (Wildman–Crippen LogP) is 4.51. The molecule has 0 aliphatic carbocycles. The molecule has 7 rings (SSSR count). The van der Waals surface area contributed by atoms with Gasteiger partial charge in [-0.2, -0.15) is 9.61 Å². The van der Waals surface area contributed by atoms with Crippen LogP contribution in [0.25, 0.3) is 28.0 Å². The van der Waals surface area contributed by atoms with E-state index in [4.69, 9.17) is 21.2 Å². The van der Waals surface area contributed by atoms with Crippen LogP contribution in [0.4, 0.5) is 15.0 Å². The van der Waals surface area contributed by atoms with E-state index in [9.17, 15) is 14.0 Å². The van der Waals surface area contributed by atoms with Crippen molar-refractivity contribution in [3.05, 3.63) is 59.8 Å². The highest BCUT2D eigenvalue weighted by Gasteiger charge is 2.46. The van der Waals surface area contributed by atoms with E-state index in [0.717, 1.165) is 18.4 Å². The summed E-state index contributed by atoms with van der Waals surface area (Å²) < 4.78 is 20.8. The average molecular weight is 617 g/mol. The van der Waals surface area contributed by atoms with Crippen LogP contribution in [0.5, 0.6) is 5.75 Å². The summed E-state index contributed by atoms with van der Waals surface area (Å²) in [5.41, 5.74) is 16.9. The predicted molar refractivity (Wildman–Crippen MR) is 166 cm³/mol. The molecule has 13 heteroatoms. The Labute approximate surface area is 257 Å². The molecule has 3 aliphatic rings. The zero-order valence-electron chi connectivity index (χ0n) is 24.4. The van der Waals surface area contributed by atoms with E-state index in [0.29, 0.717) is 59.0 Å². The molecule has 11 nitrogen and oxygen atoms in total. The molecule has 0 saturated carbocycles. The number of carbonyl (C=O) groups excluding carboxylic acids is 2. The standard InChI is InChI=1S/C31H33FN8O3S/c1-16(41)27-28(19-9-20-5-6-21(10-19)39(20)31(42)38-14-26(33)44-15-38)37-30-22(13-36-40(30)29(27)34)18-3-7-24(35-12-18)17-4-8-25(43-2)23(32)11-17/h3-4,7-8,11-13,19-21,26H,5-6,9-10,14-15,33-34H2,1-2H3/t19?,20-,21+,26?. The van der Waals surface area contributed by atoms with Crippen LogP contribution in [0.3, 0.4) is 0 Å². The van der Waals surface area contributed by atoms with Crippen molar-refractivity contribution >= 4 is 35.0 Å². The number of halogens is 1. The first-order valence-corrected chi connectivity index (χ1v) is 15.7. The second-order valence-corrected chi connectivity index (χ2v) is 12.9. The molecule has 228 valence electrons. The quantitative estimate of drug-likeness (QED) is 0.309. The Morgan fingerprint density at radius 3 is 2.45 bits per heavy atom. The van der Waals surface area contributed by atoms with Gasteiger partial charge in [0.15, 0.2) is 23.0 Å². The molecule has 2 amide bonds. The van der Waals surface area contributed by atoms with Crippen molar-refractivity contribution in [1.82, 2.24) is 29.4 Å². The lowest BCUT2D eigenvalue weighted by Gasteiger charge is -2.40. The van der Waals surface area contributed by atoms with Crippen LogP contribution in [-0.4, -0.2) is 78.2 Å². The highest BCUT2D eigenvalue weighted by Crippen LogP contribution is 2.45. The number of ketones is 1. The van der Waals surface area contributed by atoms with E-state index in [2.05, 4.69) is 10.1 Å². The summed E-state index contributed by atoms with van der Waals surface area (Å²) in [5.74, 6) is 0.355. The maximum atomic E-state index is 14.3. The highest BCUT2D eigenvalue weighted by molar-refractivity contribution is 8.00. The van der Waals surface area contributed by atoms with Gasteiger partial charge in [-0.1, -0.05) is 6.07 Å². The maximum absolute atomic E-state index is 14.3. The number of nitrogens with zero attached hydrogens (tertiary/aromatic N) is 6. The third-order valence-corrected chi connectivity index (χ3v) is 10.1. The summed E-state index contributed by atoms with van der Waals surface area (Å²) in [6, 6.07) is 8.58. The minimum atomic E-state index is -0.463. The van der Waals surface area contributed by atoms with Crippen molar-refractivity contribution in [1.29, 1.82) is 0 Å². The summed E-state index contributed by atoms with van der Waals surface area (Å²) in [4.78, 5) is 39.9. The number of rotatable bonds is 5. The number of Topliss-reactive ketones (excluding diaryl/α,β-unsaturated/α-hetero) is 1. The van der Waals surface area contributed by atoms with Crippen LogP contribution in [0.15, 0.2) is 42.7 Å². The van der Waals surface area contributed by atoms with Gasteiger partial charge in [-0.3, -0.25) is 9.78 Å². The van der Waals surface area contributed by atoms with Crippen LogP contribution in [0.1, 0.15) is 54.6 Å². The van der Waals surface area contributed by atoms with E-state index >= 15 is 0 Å². The maximum Gasteiger partial charge on any atom is 0.321 e. The number of aromatic nitrogens is 4. The summed E-state index contributed by atoms with van der Waals surface area (Å²) in [6.45, 7) is 2.06. The van der Waals surface area contributed by atoms with E-state index in [1.165, 1.54) is 24.6 Å². The normalized spacial score (nSPS) is 23.0. The number of methoxy groups -OCH3 is 1. The van der Waals surface area contributed by atoms with Crippen LogP contribution < -0.4 is 16.2 Å². The number of urea groups is 1. The first-order valence-electron chi connectivity index (χ1n) is 14.7. The van der Waals surface area contributed by atoms with Crippen LogP contribution in [-0.2, 0) is 0 Å². The van der Waals surface area contributed by atoms with E-state index < -0.39 is 5.82 Å². The number of benzene rings is 1. The van der Waals surface area contributed by atoms with Crippen molar-refractivity contribution in [2.75, 3.05) is 25.3 Å². The number of pyridine rings is 1. The van der Waals surface area contributed by atoms with Gasteiger partial charge in [-0.15, -0.1) is 11.8 Å². The van der Waals surface area contributed by atoms with E-state index in [1.807, 2.05) is 21.9 Å². The largest absolute Gasteiger partial charge is 0.494 e. The van der Waals surface area contributed by atoms with Crippen LogP contribution >= 0.6 is 11.8 Å². The van der Waals surface area contributed by atoms with Crippen molar-refractivity contribution in [3.8, 4) is 28.1 Å². The first kappa shape index (κ1) is 28.5. The lowest BCUT2D eigenvalue weighted by Crippen LogP contribution is -2.51. The summed E-state index contributed by atoms with van der Waals surface area (Å²) in [6.07, 6.45) is 6.60. The Kier molecular flexibility index (Phi) is 7.16. The number of ether oxygens (including phenoxy) is 1. The Bertz CT molecular complexity index is 1770. The molecular formula is C31H33FN8O3S. The molecule has 0 radical (unpaired) electrons. The zero-order valence-corrected chi connectivity index (χ0v) is 25.3. The number of fused-ring (bicyclic) bond motifs is 3. The number of anilines is 1. The minimum absolute atomic E-state index is 0.0359. The molecule has 2 bridgehead atoms. The lowest BCUT2D eigenvalue weighted by molar-refractivity contribution is 0.100. The second kappa shape index (κ2) is 11.0. The Hall–Kier alpha value is -4.23. The summed E-state index contributed by atoms with van der Waals surface area (Å²) in [5, 5.41) is 4.43. The molecule has 0 spiro atoms. The van der Waals surface area contributed by atoms with Crippen molar-refractivity contribution < 1.29 is 18.7 Å². The average Bonchev–Trinajstić information content (AvgIpc) is 3.72.